The van der Waals surface area contributed by atoms with E-state index in [1.807, 2.05) is 6.92 Å². The topological polar surface area (TPSA) is 101 Å². The quantitative estimate of drug-likeness (QED) is 0.383. The van der Waals surface area contributed by atoms with Gasteiger partial charge < -0.3 is 14.9 Å². The highest BCUT2D eigenvalue weighted by Gasteiger charge is 2.18. The zero-order chi connectivity index (χ0) is 19.7. The van der Waals surface area contributed by atoms with Crippen LogP contribution >= 0.6 is 0 Å². The van der Waals surface area contributed by atoms with Gasteiger partial charge in [0.15, 0.2) is 0 Å². The van der Waals surface area contributed by atoms with E-state index in [1.165, 1.54) is 6.92 Å². The Balaban J connectivity index is 0. The minimum absolute atomic E-state index is 0.0543. The standard InChI is InChI=1S/C16H30O3.C3H6O3/c1-4-7-10-14(15(17)9-6-3)11-12-16(18)19-13-8-5-2;1-2(4)3(5)6/h14H,4-13H2,1-3H3;2,4H,1H3,(H,5,6). The number of unbranched alkanes of at least 4 members (excludes halogenated alkanes) is 2. The van der Waals surface area contributed by atoms with E-state index in [-0.39, 0.29) is 11.9 Å². The van der Waals surface area contributed by atoms with Crippen molar-refractivity contribution in [2.75, 3.05) is 6.61 Å². The Bertz CT molecular complexity index is 365. The highest BCUT2D eigenvalue weighted by molar-refractivity contribution is 5.81. The van der Waals surface area contributed by atoms with Crippen LogP contribution < -0.4 is 0 Å². The number of rotatable bonds is 13. The fourth-order valence-electron chi connectivity index (χ4n) is 2.06. The number of aliphatic hydroxyl groups is 1. The van der Waals surface area contributed by atoms with Gasteiger partial charge >= 0.3 is 11.9 Å². The number of carbonyl (C=O) groups is 3. The minimum atomic E-state index is -1.23. The second-order valence-corrected chi connectivity index (χ2v) is 6.18. The summed E-state index contributed by atoms with van der Waals surface area (Å²) in [6.07, 6.45) is 6.35. The van der Waals surface area contributed by atoms with Crippen molar-refractivity contribution >= 4 is 17.7 Å². The third-order valence-electron chi connectivity index (χ3n) is 3.67. The molecule has 0 radical (unpaired) electrons. The number of aliphatic hydroxyl groups excluding tert-OH is 1. The Kier molecular flexibility index (Phi) is 18.0. The van der Waals surface area contributed by atoms with Gasteiger partial charge in [-0.15, -0.1) is 0 Å². The number of Topliss-reactive ketones (excluding diaryl/α,β-unsaturated/α-hetero) is 1. The molecule has 0 aromatic heterocycles. The number of aliphatic carboxylic acids is 1. The number of ether oxygens (including phenoxy) is 1. The van der Waals surface area contributed by atoms with Crippen LogP contribution in [-0.2, 0) is 19.1 Å². The second kappa shape index (κ2) is 17.4. The van der Waals surface area contributed by atoms with E-state index in [0.29, 0.717) is 31.7 Å². The molecule has 2 atom stereocenters. The predicted octanol–water partition coefficient (Wildman–Crippen LogP) is 3.74. The Hall–Kier alpha value is -1.43. The van der Waals surface area contributed by atoms with Crippen LogP contribution in [0.2, 0.25) is 0 Å². The molecule has 6 heteroatoms. The molecule has 0 heterocycles. The van der Waals surface area contributed by atoms with Gasteiger partial charge in [0.1, 0.15) is 11.9 Å². The summed E-state index contributed by atoms with van der Waals surface area (Å²) in [6.45, 7) is 7.92. The van der Waals surface area contributed by atoms with Crippen LogP contribution in [0.4, 0.5) is 0 Å². The molecule has 2 unspecified atom stereocenters. The lowest BCUT2D eigenvalue weighted by atomic mass is 9.90. The molecule has 0 aromatic rings. The molecule has 2 N–H and O–H groups in total. The molecule has 6 nitrogen and oxygen atoms in total. The van der Waals surface area contributed by atoms with E-state index in [2.05, 4.69) is 13.8 Å². The number of hydrogen-bond donors (Lipinski definition) is 2. The maximum absolute atomic E-state index is 12.0. The number of ketones is 1. The van der Waals surface area contributed by atoms with E-state index in [4.69, 9.17) is 14.9 Å². The van der Waals surface area contributed by atoms with Crippen molar-refractivity contribution in [3.8, 4) is 0 Å². The van der Waals surface area contributed by atoms with Gasteiger partial charge in [-0.1, -0.05) is 40.0 Å². The number of esters is 1. The van der Waals surface area contributed by atoms with E-state index in [0.717, 1.165) is 38.5 Å². The summed E-state index contributed by atoms with van der Waals surface area (Å²) in [4.78, 5) is 33.0. The molecule has 0 saturated carbocycles. The molecule has 0 saturated heterocycles. The summed E-state index contributed by atoms with van der Waals surface area (Å²) in [5, 5.41) is 15.8. The van der Waals surface area contributed by atoms with Crippen molar-refractivity contribution in [1.82, 2.24) is 0 Å². The zero-order valence-electron chi connectivity index (χ0n) is 16.3. The zero-order valence-corrected chi connectivity index (χ0v) is 16.3. The molecule has 0 aliphatic heterocycles. The molecule has 0 fully saturated rings. The molecule has 0 amide bonds. The monoisotopic (exact) mass is 360 g/mol. The molecule has 25 heavy (non-hydrogen) atoms. The maximum Gasteiger partial charge on any atom is 0.332 e. The summed E-state index contributed by atoms with van der Waals surface area (Å²) in [5.41, 5.74) is 0. The van der Waals surface area contributed by atoms with Gasteiger partial charge in [0, 0.05) is 18.8 Å². The fraction of sp³-hybridized carbons (Fsp3) is 0.842. The Morgan fingerprint density at radius 1 is 0.920 bits per heavy atom. The third kappa shape index (κ3) is 17.2. The van der Waals surface area contributed by atoms with Crippen LogP contribution in [0.5, 0.6) is 0 Å². The third-order valence-corrected chi connectivity index (χ3v) is 3.67. The van der Waals surface area contributed by atoms with Gasteiger partial charge in [-0.2, -0.15) is 0 Å². The van der Waals surface area contributed by atoms with E-state index >= 15 is 0 Å². The SMILES string of the molecule is CC(O)C(=O)O.CCCCOC(=O)CCC(CCCC)C(=O)CCC. The lowest BCUT2D eigenvalue weighted by Crippen LogP contribution is -2.17. The van der Waals surface area contributed by atoms with Gasteiger partial charge in [-0.3, -0.25) is 9.59 Å². The van der Waals surface area contributed by atoms with Crippen LogP contribution in [0.15, 0.2) is 0 Å². The molecule has 0 bridgehead atoms. The first-order valence-corrected chi connectivity index (χ1v) is 9.39. The van der Waals surface area contributed by atoms with Crippen molar-refractivity contribution in [3.05, 3.63) is 0 Å². The van der Waals surface area contributed by atoms with E-state index < -0.39 is 12.1 Å². The molecule has 0 rings (SSSR count). The molecule has 0 aromatic carbocycles. The highest BCUT2D eigenvalue weighted by atomic mass is 16.5. The van der Waals surface area contributed by atoms with Crippen molar-refractivity contribution in [1.29, 1.82) is 0 Å². The fourth-order valence-corrected chi connectivity index (χ4v) is 2.06. The van der Waals surface area contributed by atoms with Gasteiger partial charge in [0.05, 0.1) is 6.61 Å². The average Bonchev–Trinajstić information content (AvgIpc) is 2.55. The van der Waals surface area contributed by atoms with Crippen LogP contribution in [-0.4, -0.2) is 40.6 Å². The summed E-state index contributed by atoms with van der Waals surface area (Å²) in [7, 11) is 0. The predicted molar refractivity (Wildman–Crippen MR) is 97.3 cm³/mol. The first kappa shape index (κ1) is 25.8. The number of carboxylic acids is 1. The average molecular weight is 360 g/mol. The number of carbonyl (C=O) groups excluding carboxylic acids is 2. The first-order chi connectivity index (χ1) is 11.8. The van der Waals surface area contributed by atoms with Crippen molar-refractivity contribution in [3.63, 3.8) is 0 Å². The summed E-state index contributed by atoms with van der Waals surface area (Å²) in [6, 6.07) is 0. The molecule has 0 aliphatic carbocycles. The Morgan fingerprint density at radius 2 is 1.48 bits per heavy atom. The van der Waals surface area contributed by atoms with Gasteiger partial charge in [0.25, 0.3) is 0 Å². The molecule has 148 valence electrons. The minimum Gasteiger partial charge on any atom is -0.479 e. The number of carboxylic acid groups (broad SMARTS) is 1. The largest absolute Gasteiger partial charge is 0.479 e. The van der Waals surface area contributed by atoms with Crippen LogP contribution in [0, 0.1) is 5.92 Å². The van der Waals surface area contributed by atoms with Crippen LogP contribution in [0.25, 0.3) is 0 Å². The highest BCUT2D eigenvalue weighted by Crippen LogP contribution is 2.19. The van der Waals surface area contributed by atoms with Crippen LogP contribution in [0.1, 0.15) is 85.5 Å². The molecule has 0 spiro atoms. The smallest absolute Gasteiger partial charge is 0.332 e. The molecule has 0 aliphatic rings. The van der Waals surface area contributed by atoms with Crippen LogP contribution in [0.3, 0.4) is 0 Å². The second-order valence-electron chi connectivity index (χ2n) is 6.18. The Labute approximate surface area is 152 Å². The van der Waals surface area contributed by atoms with Gasteiger partial charge in [-0.05, 0) is 32.6 Å². The van der Waals surface area contributed by atoms with E-state index in [1.54, 1.807) is 0 Å². The van der Waals surface area contributed by atoms with Gasteiger partial charge in [-0.25, -0.2) is 4.79 Å². The van der Waals surface area contributed by atoms with Crippen molar-refractivity contribution < 1.29 is 29.3 Å². The Morgan fingerprint density at radius 3 is 1.92 bits per heavy atom. The lowest BCUT2D eigenvalue weighted by Gasteiger charge is -2.14. The number of hydrogen-bond acceptors (Lipinski definition) is 5. The van der Waals surface area contributed by atoms with E-state index in [9.17, 15) is 14.4 Å². The first-order valence-electron chi connectivity index (χ1n) is 9.39. The molecular weight excluding hydrogens is 324 g/mol. The normalized spacial score (nSPS) is 12.5. The summed E-state index contributed by atoms with van der Waals surface area (Å²) in [5.74, 6) is -0.967. The van der Waals surface area contributed by atoms with Gasteiger partial charge in [0.2, 0.25) is 0 Å². The molecular formula is C19H36O6. The van der Waals surface area contributed by atoms with Crippen molar-refractivity contribution in [2.45, 2.75) is 91.6 Å². The van der Waals surface area contributed by atoms with Crippen molar-refractivity contribution in [2.24, 2.45) is 5.92 Å². The summed E-state index contributed by atoms with van der Waals surface area (Å²) < 4.78 is 5.13. The summed E-state index contributed by atoms with van der Waals surface area (Å²) >= 11 is 0. The maximum atomic E-state index is 12.0. The lowest BCUT2D eigenvalue weighted by molar-refractivity contribution is -0.146.